The average molecular weight is 332 g/mol. The Morgan fingerprint density at radius 2 is 2.21 bits per heavy atom. The highest BCUT2D eigenvalue weighted by atomic mass is 16.5. The van der Waals surface area contributed by atoms with Crippen LogP contribution in [-0.4, -0.2) is 56.5 Å². The zero-order valence-electron chi connectivity index (χ0n) is 14.7. The first-order valence-corrected chi connectivity index (χ1v) is 9.15. The summed E-state index contributed by atoms with van der Waals surface area (Å²) in [6.45, 7) is 6.76. The van der Waals surface area contributed by atoms with Gasteiger partial charge < -0.3 is 19.5 Å². The Morgan fingerprint density at radius 1 is 1.33 bits per heavy atom. The maximum absolute atomic E-state index is 5.91. The third-order valence-electron chi connectivity index (χ3n) is 5.22. The van der Waals surface area contributed by atoms with E-state index in [4.69, 9.17) is 14.2 Å². The summed E-state index contributed by atoms with van der Waals surface area (Å²) >= 11 is 0. The maximum atomic E-state index is 5.91. The molecular formula is C19H28N2O3. The van der Waals surface area contributed by atoms with Crippen LogP contribution in [-0.2, 0) is 17.7 Å². The van der Waals surface area contributed by atoms with Crippen molar-refractivity contribution in [2.45, 2.75) is 51.0 Å². The van der Waals surface area contributed by atoms with Crippen LogP contribution in [0.3, 0.4) is 0 Å². The van der Waals surface area contributed by atoms with E-state index in [0.717, 1.165) is 62.3 Å². The Labute approximate surface area is 144 Å². The Bertz CT molecular complexity index is 588. The average Bonchev–Trinajstić information content (AvgIpc) is 3.36. The van der Waals surface area contributed by atoms with Crippen LogP contribution in [0.5, 0.6) is 11.5 Å². The number of ether oxygens (including phenoxy) is 3. The van der Waals surface area contributed by atoms with E-state index in [2.05, 4.69) is 29.3 Å². The van der Waals surface area contributed by atoms with Gasteiger partial charge in [0, 0.05) is 49.8 Å². The summed E-state index contributed by atoms with van der Waals surface area (Å²) in [7, 11) is 1.74. The number of rotatable bonds is 6. The monoisotopic (exact) mass is 332 g/mol. The van der Waals surface area contributed by atoms with Crippen molar-refractivity contribution >= 4 is 0 Å². The van der Waals surface area contributed by atoms with E-state index in [1.165, 1.54) is 18.4 Å². The second-order valence-electron chi connectivity index (χ2n) is 7.25. The van der Waals surface area contributed by atoms with Gasteiger partial charge in [0.1, 0.15) is 17.6 Å². The van der Waals surface area contributed by atoms with E-state index in [0.29, 0.717) is 0 Å². The molecule has 1 saturated heterocycles. The summed E-state index contributed by atoms with van der Waals surface area (Å²) in [4.78, 5) is 2.58. The van der Waals surface area contributed by atoms with Gasteiger partial charge in [-0.25, -0.2) is 0 Å². The van der Waals surface area contributed by atoms with Gasteiger partial charge in [-0.1, -0.05) is 0 Å². The molecule has 5 nitrogen and oxygen atoms in total. The van der Waals surface area contributed by atoms with Gasteiger partial charge in [0.05, 0.1) is 19.8 Å². The number of morpholine rings is 1. The normalized spacial score (nSPS) is 26.9. The zero-order chi connectivity index (χ0) is 16.5. The standard InChI is InChI=1S/C19H28N2O3/c1-13-7-14-8-18(22-2)15(9-19(14)24-13)10-20-11-17-12-21(5-6-23-17)16-3-4-16/h8-9,13,16-17,20H,3-7,10-12H2,1-2H3/t13-,17-/m1/s1. The number of nitrogens with zero attached hydrogens (tertiary/aromatic N) is 1. The fraction of sp³-hybridized carbons (Fsp3) is 0.684. The van der Waals surface area contributed by atoms with Crippen molar-refractivity contribution in [3.8, 4) is 11.5 Å². The molecule has 2 fully saturated rings. The van der Waals surface area contributed by atoms with Crippen molar-refractivity contribution in [2.75, 3.05) is 33.4 Å². The number of fused-ring (bicyclic) bond motifs is 1. The molecule has 0 bridgehead atoms. The lowest BCUT2D eigenvalue weighted by Gasteiger charge is -2.33. The topological polar surface area (TPSA) is 43.0 Å². The summed E-state index contributed by atoms with van der Waals surface area (Å²) in [5, 5.41) is 3.54. The van der Waals surface area contributed by atoms with E-state index >= 15 is 0 Å². The van der Waals surface area contributed by atoms with Crippen LogP contribution in [0.15, 0.2) is 12.1 Å². The smallest absolute Gasteiger partial charge is 0.123 e. The van der Waals surface area contributed by atoms with Gasteiger partial charge in [-0.2, -0.15) is 0 Å². The van der Waals surface area contributed by atoms with Crippen LogP contribution >= 0.6 is 0 Å². The van der Waals surface area contributed by atoms with Gasteiger partial charge >= 0.3 is 0 Å². The third-order valence-corrected chi connectivity index (χ3v) is 5.22. The molecule has 1 aliphatic carbocycles. The molecule has 132 valence electrons. The molecule has 1 aromatic rings. The molecule has 5 heteroatoms. The molecular weight excluding hydrogens is 304 g/mol. The van der Waals surface area contributed by atoms with E-state index in [9.17, 15) is 0 Å². The van der Waals surface area contributed by atoms with Crippen LogP contribution < -0.4 is 14.8 Å². The summed E-state index contributed by atoms with van der Waals surface area (Å²) in [6.07, 6.45) is 4.25. The maximum Gasteiger partial charge on any atom is 0.123 e. The number of hydrogen-bond acceptors (Lipinski definition) is 5. The summed E-state index contributed by atoms with van der Waals surface area (Å²) in [5.41, 5.74) is 2.40. The third kappa shape index (κ3) is 3.53. The number of nitrogens with one attached hydrogen (secondary N) is 1. The minimum absolute atomic E-state index is 0.261. The van der Waals surface area contributed by atoms with E-state index in [1.807, 2.05) is 0 Å². The summed E-state index contributed by atoms with van der Waals surface area (Å²) < 4.78 is 17.4. The molecule has 1 saturated carbocycles. The summed E-state index contributed by atoms with van der Waals surface area (Å²) in [5.74, 6) is 1.96. The van der Waals surface area contributed by atoms with E-state index in [-0.39, 0.29) is 12.2 Å². The van der Waals surface area contributed by atoms with Crippen molar-refractivity contribution < 1.29 is 14.2 Å². The second kappa shape index (κ2) is 6.90. The lowest BCUT2D eigenvalue weighted by molar-refractivity contribution is -0.0301. The van der Waals surface area contributed by atoms with Crippen molar-refractivity contribution in [1.29, 1.82) is 0 Å². The fourth-order valence-corrected chi connectivity index (χ4v) is 3.81. The highest BCUT2D eigenvalue weighted by molar-refractivity contribution is 5.48. The first-order chi connectivity index (χ1) is 11.7. The lowest BCUT2D eigenvalue weighted by atomic mass is 10.1. The van der Waals surface area contributed by atoms with Gasteiger partial charge in [-0.15, -0.1) is 0 Å². The SMILES string of the molecule is COc1cc2c(cc1CNC[C@@H]1CN(C3CC3)CCO1)O[C@H](C)C2. The minimum Gasteiger partial charge on any atom is -0.496 e. The molecule has 1 aromatic carbocycles. The molecule has 24 heavy (non-hydrogen) atoms. The highest BCUT2D eigenvalue weighted by Crippen LogP contribution is 2.35. The Balaban J connectivity index is 1.33. The van der Waals surface area contributed by atoms with Crippen LogP contribution in [0.4, 0.5) is 0 Å². The van der Waals surface area contributed by atoms with Gasteiger partial charge in [0.15, 0.2) is 0 Å². The Kier molecular flexibility index (Phi) is 4.66. The summed E-state index contributed by atoms with van der Waals surface area (Å²) in [6, 6.07) is 5.08. The zero-order valence-corrected chi connectivity index (χ0v) is 14.7. The molecule has 0 radical (unpaired) electrons. The van der Waals surface area contributed by atoms with Crippen molar-refractivity contribution in [2.24, 2.45) is 0 Å². The fourth-order valence-electron chi connectivity index (χ4n) is 3.81. The van der Waals surface area contributed by atoms with Crippen LogP contribution in [0.2, 0.25) is 0 Å². The molecule has 0 aromatic heterocycles. The van der Waals surface area contributed by atoms with Crippen molar-refractivity contribution in [1.82, 2.24) is 10.2 Å². The molecule has 0 amide bonds. The van der Waals surface area contributed by atoms with Gasteiger partial charge in [0.25, 0.3) is 0 Å². The van der Waals surface area contributed by atoms with Crippen molar-refractivity contribution in [3.05, 3.63) is 23.3 Å². The molecule has 4 rings (SSSR count). The van der Waals surface area contributed by atoms with Gasteiger partial charge in [-0.05, 0) is 31.9 Å². The van der Waals surface area contributed by atoms with E-state index < -0.39 is 0 Å². The molecule has 0 unspecified atom stereocenters. The highest BCUT2D eigenvalue weighted by Gasteiger charge is 2.32. The largest absolute Gasteiger partial charge is 0.496 e. The van der Waals surface area contributed by atoms with Crippen LogP contribution in [0.1, 0.15) is 30.9 Å². The Hall–Kier alpha value is -1.30. The molecule has 2 aliphatic heterocycles. The van der Waals surface area contributed by atoms with Crippen LogP contribution in [0.25, 0.3) is 0 Å². The number of benzene rings is 1. The number of methoxy groups -OCH3 is 1. The van der Waals surface area contributed by atoms with Gasteiger partial charge in [0.2, 0.25) is 0 Å². The second-order valence-corrected chi connectivity index (χ2v) is 7.25. The Morgan fingerprint density at radius 3 is 3.00 bits per heavy atom. The predicted molar refractivity (Wildman–Crippen MR) is 92.8 cm³/mol. The molecule has 0 spiro atoms. The van der Waals surface area contributed by atoms with Gasteiger partial charge in [-0.3, -0.25) is 4.90 Å². The number of hydrogen-bond donors (Lipinski definition) is 1. The quantitative estimate of drug-likeness (QED) is 0.863. The molecule has 1 N–H and O–H groups in total. The molecule has 2 atom stereocenters. The first-order valence-electron chi connectivity index (χ1n) is 9.15. The minimum atomic E-state index is 0.261. The lowest BCUT2D eigenvalue weighted by Crippen LogP contribution is -2.47. The van der Waals surface area contributed by atoms with E-state index in [1.54, 1.807) is 7.11 Å². The molecule has 2 heterocycles. The predicted octanol–water partition coefficient (Wildman–Crippen LogP) is 1.97. The van der Waals surface area contributed by atoms with Crippen molar-refractivity contribution in [3.63, 3.8) is 0 Å². The first kappa shape index (κ1) is 16.2. The molecule has 3 aliphatic rings. The van der Waals surface area contributed by atoms with Crippen LogP contribution in [0, 0.1) is 0 Å².